The number of carbonyl (C=O) groups excluding carboxylic acids is 2. The highest BCUT2D eigenvalue weighted by atomic mass is 19.1. The first-order valence-corrected chi connectivity index (χ1v) is 7.03. The van der Waals surface area contributed by atoms with Crippen LogP contribution in [0.2, 0.25) is 0 Å². The molecule has 5 nitrogen and oxygen atoms in total. The minimum Gasteiger partial charge on any atom is -0.449 e. The highest BCUT2D eigenvalue weighted by Gasteiger charge is 2.24. The molecule has 0 saturated heterocycles. The van der Waals surface area contributed by atoms with Gasteiger partial charge in [0, 0.05) is 11.7 Å². The molecule has 0 heterocycles. The number of hydrogen-bond donors (Lipinski definition) is 2. The Morgan fingerprint density at radius 3 is 2.67 bits per heavy atom. The molecule has 2 rings (SSSR count). The minimum atomic E-state index is -0.914. The van der Waals surface area contributed by atoms with Gasteiger partial charge < -0.3 is 15.8 Å². The number of rotatable bonds is 4. The van der Waals surface area contributed by atoms with Crippen molar-refractivity contribution in [2.75, 3.05) is 5.73 Å². The van der Waals surface area contributed by atoms with E-state index < -0.39 is 17.9 Å². The van der Waals surface area contributed by atoms with E-state index in [4.69, 9.17) is 10.5 Å². The molecule has 1 unspecified atom stereocenters. The Labute approximate surface area is 122 Å². The molecule has 1 aromatic carbocycles. The van der Waals surface area contributed by atoms with Crippen molar-refractivity contribution in [3.63, 3.8) is 0 Å². The number of esters is 1. The number of halogens is 1. The molecule has 0 bridgehead atoms. The van der Waals surface area contributed by atoms with Gasteiger partial charge >= 0.3 is 5.97 Å². The number of nitrogens with one attached hydrogen (secondary N) is 1. The molecule has 1 aromatic rings. The van der Waals surface area contributed by atoms with Crippen LogP contribution < -0.4 is 11.1 Å². The molecular formula is C15H19FN2O3. The summed E-state index contributed by atoms with van der Waals surface area (Å²) in [5.74, 6) is -1.59. The van der Waals surface area contributed by atoms with Gasteiger partial charge in [-0.25, -0.2) is 9.18 Å². The first kappa shape index (κ1) is 15.3. The van der Waals surface area contributed by atoms with E-state index in [1.165, 1.54) is 13.0 Å². The standard InChI is InChI=1S/C15H19FN2O3/c1-9(14(19)18-11-4-2-3-5-11)21-15(20)12-7-6-10(16)8-13(12)17/h6-9,11H,2-5,17H2,1H3,(H,18,19). The quantitative estimate of drug-likeness (QED) is 0.657. The van der Waals surface area contributed by atoms with Gasteiger partial charge in [-0.15, -0.1) is 0 Å². The van der Waals surface area contributed by atoms with Gasteiger partial charge in [0.1, 0.15) is 5.82 Å². The molecule has 1 fully saturated rings. The number of ether oxygens (including phenoxy) is 1. The third-order valence-corrected chi connectivity index (χ3v) is 3.59. The van der Waals surface area contributed by atoms with Crippen LogP contribution in [0.5, 0.6) is 0 Å². The molecular weight excluding hydrogens is 275 g/mol. The summed E-state index contributed by atoms with van der Waals surface area (Å²) in [7, 11) is 0. The lowest BCUT2D eigenvalue weighted by molar-refractivity contribution is -0.129. The zero-order valence-electron chi connectivity index (χ0n) is 11.9. The van der Waals surface area contributed by atoms with Gasteiger partial charge in [0.25, 0.3) is 5.91 Å². The maximum Gasteiger partial charge on any atom is 0.341 e. The number of amides is 1. The fourth-order valence-corrected chi connectivity index (χ4v) is 2.39. The van der Waals surface area contributed by atoms with E-state index in [-0.39, 0.29) is 23.2 Å². The van der Waals surface area contributed by atoms with Crippen molar-refractivity contribution < 1.29 is 18.7 Å². The summed E-state index contributed by atoms with van der Waals surface area (Å²) in [4.78, 5) is 23.8. The van der Waals surface area contributed by atoms with E-state index in [9.17, 15) is 14.0 Å². The smallest absolute Gasteiger partial charge is 0.341 e. The van der Waals surface area contributed by atoms with E-state index >= 15 is 0 Å². The van der Waals surface area contributed by atoms with E-state index in [0.717, 1.165) is 37.8 Å². The number of carbonyl (C=O) groups is 2. The van der Waals surface area contributed by atoms with Crippen LogP contribution in [0.3, 0.4) is 0 Å². The number of nitrogens with two attached hydrogens (primary N) is 1. The fourth-order valence-electron chi connectivity index (χ4n) is 2.39. The molecule has 0 radical (unpaired) electrons. The summed E-state index contributed by atoms with van der Waals surface area (Å²) in [5.41, 5.74) is 5.61. The van der Waals surface area contributed by atoms with Crippen molar-refractivity contribution in [2.45, 2.75) is 44.8 Å². The largest absolute Gasteiger partial charge is 0.449 e. The molecule has 21 heavy (non-hydrogen) atoms. The number of anilines is 1. The van der Waals surface area contributed by atoms with Crippen LogP contribution in [0, 0.1) is 5.82 Å². The Hall–Kier alpha value is -2.11. The van der Waals surface area contributed by atoms with Gasteiger partial charge in [-0.2, -0.15) is 0 Å². The fraction of sp³-hybridized carbons (Fsp3) is 0.467. The van der Waals surface area contributed by atoms with E-state index in [1.54, 1.807) is 0 Å². The Balaban J connectivity index is 1.93. The van der Waals surface area contributed by atoms with Crippen LogP contribution in [0.15, 0.2) is 18.2 Å². The van der Waals surface area contributed by atoms with Crippen molar-refractivity contribution in [2.24, 2.45) is 0 Å². The second-order valence-corrected chi connectivity index (χ2v) is 5.27. The van der Waals surface area contributed by atoms with Gasteiger partial charge in [0.2, 0.25) is 0 Å². The van der Waals surface area contributed by atoms with E-state index in [2.05, 4.69) is 5.32 Å². The Bertz CT molecular complexity index is 542. The second-order valence-electron chi connectivity index (χ2n) is 5.27. The molecule has 0 spiro atoms. The number of nitrogen functional groups attached to an aromatic ring is 1. The van der Waals surface area contributed by atoms with Gasteiger partial charge in [-0.1, -0.05) is 12.8 Å². The average Bonchev–Trinajstić information content (AvgIpc) is 2.91. The monoisotopic (exact) mass is 294 g/mol. The predicted molar refractivity (Wildman–Crippen MR) is 76.1 cm³/mol. The summed E-state index contributed by atoms with van der Waals surface area (Å²) < 4.78 is 18.0. The minimum absolute atomic E-state index is 0.0107. The number of benzene rings is 1. The molecule has 1 aliphatic rings. The van der Waals surface area contributed by atoms with Gasteiger partial charge in [0.15, 0.2) is 6.10 Å². The maximum absolute atomic E-state index is 12.9. The van der Waals surface area contributed by atoms with Gasteiger partial charge in [-0.05, 0) is 38.0 Å². The molecule has 1 atom stereocenters. The topological polar surface area (TPSA) is 81.4 Å². The van der Waals surface area contributed by atoms with Crippen molar-refractivity contribution in [3.8, 4) is 0 Å². The van der Waals surface area contributed by atoms with Crippen LogP contribution in [-0.2, 0) is 9.53 Å². The predicted octanol–water partition coefficient (Wildman–Crippen LogP) is 2.01. The number of hydrogen-bond acceptors (Lipinski definition) is 4. The van der Waals surface area contributed by atoms with Crippen molar-refractivity contribution in [1.82, 2.24) is 5.32 Å². The lowest BCUT2D eigenvalue weighted by Gasteiger charge is -2.17. The molecule has 114 valence electrons. The van der Waals surface area contributed by atoms with Crippen LogP contribution in [0.25, 0.3) is 0 Å². The van der Waals surface area contributed by atoms with E-state index in [0.29, 0.717) is 0 Å². The summed E-state index contributed by atoms with van der Waals surface area (Å²) >= 11 is 0. The molecule has 6 heteroatoms. The lowest BCUT2D eigenvalue weighted by Crippen LogP contribution is -2.40. The Kier molecular flexibility index (Phi) is 4.77. The zero-order chi connectivity index (χ0) is 15.4. The third-order valence-electron chi connectivity index (χ3n) is 3.59. The highest BCUT2D eigenvalue weighted by Crippen LogP contribution is 2.18. The molecule has 1 saturated carbocycles. The SMILES string of the molecule is CC(OC(=O)c1ccc(F)cc1N)C(=O)NC1CCCC1. The second kappa shape index (κ2) is 6.56. The molecule has 3 N–H and O–H groups in total. The van der Waals surface area contributed by atoms with Crippen molar-refractivity contribution in [3.05, 3.63) is 29.6 Å². The van der Waals surface area contributed by atoms with Crippen LogP contribution in [0.4, 0.5) is 10.1 Å². The van der Waals surface area contributed by atoms with Crippen LogP contribution in [-0.4, -0.2) is 24.0 Å². The molecule has 0 aromatic heterocycles. The maximum atomic E-state index is 12.9. The Morgan fingerprint density at radius 1 is 1.38 bits per heavy atom. The van der Waals surface area contributed by atoms with Crippen molar-refractivity contribution >= 4 is 17.6 Å². The Morgan fingerprint density at radius 2 is 2.05 bits per heavy atom. The lowest BCUT2D eigenvalue weighted by atomic mass is 10.2. The van der Waals surface area contributed by atoms with Gasteiger partial charge in [0.05, 0.1) is 5.56 Å². The summed E-state index contributed by atoms with van der Waals surface area (Å²) in [5, 5.41) is 2.85. The summed E-state index contributed by atoms with van der Waals surface area (Å²) in [6, 6.07) is 3.57. The molecule has 1 amide bonds. The molecule has 1 aliphatic carbocycles. The van der Waals surface area contributed by atoms with Crippen molar-refractivity contribution in [1.29, 1.82) is 0 Å². The highest BCUT2D eigenvalue weighted by molar-refractivity contribution is 5.96. The summed E-state index contributed by atoms with van der Waals surface area (Å²) in [6.45, 7) is 1.50. The average molecular weight is 294 g/mol. The zero-order valence-corrected chi connectivity index (χ0v) is 11.9. The first-order valence-electron chi connectivity index (χ1n) is 7.03. The normalized spacial score (nSPS) is 16.5. The van der Waals surface area contributed by atoms with Crippen LogP contribution in [0.1, 0.15) is 43.0 Å². The third kappa shape index (κ3) is 3.93. The van der Waals surface area contributed by atoms with Crippen LogP contribution >= 0.6 is 0 Å². The van der Waals surface area contributed by atoms with E-state index in [1.807, 2.05) is 0 Å². The van der Waals surface area contributed by atoms with Gasteiger partial charge in [-0.3, -0.25) is 4.79 Å². The first-order chi connectivity index (χ1) is 9.97. The molecule has 0 aliphatic heterocycles. The summed E-state index contributed by atoms with van der Waals surface area (Å²) in [6.07, 6.45) is 3.20.